The zero-order valence-electron chi connectivity index (χ0n) is 26.3. The van der Waals surface area contributed by atoms with Gasteiger partial charge in [0.25, 0.3) is 0 Å². The summed E-state index contributed by atoms with van der Waals surface area (Å²) in [5.41, 5.74) is 2.18. The number of likely N-dealkylation sites (tertiary alicyclic amines) is 1. The zero-order valence-corrected chi connectivity index (χ0v) is 27.1. The molecule has 0 amide bonds. The molecule has 3 aromatic rings. The van der Waals surface area contributed by atoms with Crippen LogP contribution in [0.3, 0.4) is 0 Å². The molecule has 1 unspecified atom stereocenters. The van der Waals surface area contributed by atoms with Gasteiger partial charge in [-0.3, -0.25) is 0 Å². The monoisotopic (exact) mass is 659 g/mol. The van der Waals surface area contributed by atoms with Crippen LogP contribution >= 0.6 is 0 Å². The van der Waals surface area contributed by atoms with Gasteiger partial charge in [0.05, 0.1) is 46.9 Å². The molecule has 2 aliphatic rings. The van der Waals surface area contributed by atoms with Crippen molar-refractivity contribution < 1.29 is 27.2 Å². The number of anilines is 2. The summed E-state index contributed by atoms with van der Waals surface area (Å²) in [6.45, 7) is 1.03. The Balaban J connectivity index is 1.31. The summed E-state index contributed by atoms with van der Waals surface area (Å²) in [6, 6.07) is 13.0. The van der Waals surface area contributed by atoms with E-state index >= 15 is 0 Å². The molecule has 2 aromatic carbocycles. The van der Waals surface area contributed by atoms with Gasteiger partial charge in [0.1, 0.15) is 12.3 Å². The molecule has 1 aliphatic heterocycles. The Labute approximate surface area is 269 Å². The van der Waals surface area contributed by atoms with Gasteiger partial charge < -0.3 is 29.9 Å². The third kappa shape index (κ3) is 8.50. The van der Waals surface area contributed by atoms with Crippen LogP contribution < -0.4 is 20.1 Å². The Morgan fingerprint density at radius 3 is 2.52 bits per heavy atom. The number of nitrogens with zero attached hydrogens (tertiary/aromatic N) is 2. The van der Waals surface area contributed by atoms with Crippen molar-refractivity contribution in [1.82, 2.24) is 14.2 Å². The van der Waals surface area contributed by atoms with E-state index in [9.17, 15) is 17.4 Å². The van der Waals surface area contributed by atoms with Crippen LogP contribution in [0, 0.1) is 11.8 Å². The lowest BCUT2D eigenvalue weighted by Crippen LogP contribution is -2.45. The Hall–Kier alpha value is -3.37. The number of alkyl halides is 3. The van der Waals surface area contributed by atoms with Crippen LogP contribution in [0.1, 0.15) is 50.6 Å². The van der Waals surface area contributed by atoms with Crippen molar-refractivity contribution in [2.75, 3.05) is 50.5 Å². The van der Waals surface area contributed by atoms with Crippen molar-refractivity contribution in [3.63, 3.8) is 0 Å². The van der Waals surface area contributed by atoms with Crippen molar-refractivity contribution in [2.24, 2.45) is 0 Å². The Morgan fingerprint density at radius 1 is 1.07 bits per heavy atom. The number of halogens is 3. The van der Waals surface area contributed by atoms with Crippen LogP contribution in [0.4, 0.5) is 24.5 Å². The molecule has 4 N–H and O–H groups in total. The van der Waals surface area contributed by atoms with Crippen molar-refractivity contribution in [1.29, 1.82) is 0 Å². The van der Waals surface area contributed by atoms with Gasteiger partial charge in [-0.05, 0) is 73.9 Å². The maximum absolute atomic E-state index is 13.7. The number of piperidine rings is 1. The predicted molar refractivity (Wildman–Crippen MR) is 180 cm³/mol. The standard InChI is InChI=1S/C34H44F3N5O3S/c1-45-33-23-28(46(2,44)39-18-21-43)13-14-31(33)38-17-7-10-27-22-29-30(11-6-12-32(29)42(27)24-34(35,36)37)40-25-15-19-41(20-16-25)26-8-4-3-5-9-26/h6,11-14,22-23,25-26,38,40,43H,2-5,8-9,15-21,24H2,1H3,(H,39,44). The number of rotatable bonds is 11. The second kappa shape index (κ2) is 15.0. The minimum absolute atomic E-state index is 0.128. The fourth-order valence-electron chi connectivity index (χ4n) is 6.53. The van der Waals surface area contributed by atoms with E-state index in [1.54, 1.807) is 36.4 Å². The molecule has 1 saturated heterocycles. The molecule has 12 heteroatoms. The number of nitrogens with one attached hydrogen (secondary N) is 3. The first-order chi connectivity index (χ1) is 22.1. The third-order valence-electron chi connectivity index (χ3n) is 8.85. The number of benzene rings is 2. The van der Waals surface area contributed by atoms with Crippen LogP contribution in [-0.4, -0.2) is 82.8 Å². The van der Waals surface area contributed by atoms with E-state index in [1.807, 2.05) is 6.07 Å². The maximum Gasteiger partial charge on any atom is 0.406 e. The summed E-state index contributed by atoms with van der Waals surface area (Å²) in [5, 5.41) is 16.5. The number of methoxy groups -OCH3 is 1. The molecule has 250 valence electrons. The van der Waals surface area contributed by atoms with E-state index in [0.717, 1.165) is 37.0 Å². The lowest BCUT2D eigenvalue weighted by atomic mass is 9.92. The molecule has 0 spiro atoms. The summed E-state index contributed by atoms with van der Waals surface area (Å²) in [7, 11) is -1.36. The fraction of sp³-hybridized carbons (Fsp3) is 0.500. The molecule has 46 heavy (non-hydrogen) atoms. The highest BCUT2D eigenvalue weighted by Crippen LogP contribution is 2.32. The number of aromatic nitrogens is 1. The van der Waals surface area contributed by atoms with Gasteiger partial charge in [-0.1, -0.05) is 31.2 Å². The molecule has 5 rings (SSSR count). The quantitative estimate of drug-likeness (QED) is 0.162. The van der Waals surface area contributed by atoms with Crippen LogP contribution in [0.25, 0.3) is 10.9 Å². The third-order valence-corrected chi connectivity index (χ3v) is 10.5. The molecular formula is C34H44F3N5O3S. The second-order valence-corrected chi connectivity index (χ2v) is 14.1. The molecule has 1 aromatic heterocycles. The average Bonchev–Trinajstić information content (AvgIpc) is 3.39. The molecule has 2 heterocycles. The summed E-state index contributed by atoms with van der Waals surface area (Å²) in [6.07, 6.45) is 4.13. The van der Waals surface area contributed by atoms with Gasteiger partial charge in [-0.15, -0.1) is 0 Å². The first-order valence-electron chi connectivity index (χ1n) is 15.9. The lowest BCUT2D eigenvalue weighted by molar-refractivity contribution is -0.140. The SMILES string of the molecule is C=S(=O)(NCCO)c1ccc(NCC#Cc2cc3c(NC4CCN(C5CCCCC5)CC4)cccc3n2CC(F)(F)F)c(OC)c1. The highest BCUT2D eigenvalue weighted by Gasteiger charge is 2.30. The Morgan fingerprint density at radius 2 is 1.83 bits per heavy atom. The van der Waals surface area contributed by atoms with Crippen LogP contribution in [0.5, 0.6) is 5.75 Å². The van der Waals surface area contributed by atoms with Crippen molar-refractivity contribution in [3.8, 4) is 17.6 Å². The lowest BCUT2D eigenvalue weighted by Gasteiger charge is -2.39. The van der Waals surface area contributed by atoms with E-state index in [1.165, 1.54) is 43.8 Å². The molecule has 1 saturated carbocycles. The van der Waals surface area contributed by atoms with E-state index < -0.39 is 22.4 Å². The number of aliphatic hydroxyl groups excluding tert-OH is 1. The van der Waals surface area contributed by atoms with Crippen LogP contribution in [-0.2, 0) is 16.3 Å². The number of ether oxygens (including phenoxy) is 1. The minimum atomic E-state index is -4.41. The van der Waals surface area contributed by atoms with Gasteiger partial charge in [-0.25, -0.2) is 8.93 Å². The topological polar surface area (TPSA) is 90.8 Å². The number of fused-ring (bicyclic) bond motifs is 1. The second-order valence-electron chi connectivity index (χ2n) is 12.0. The summed E-state index contributed by atoms with van der Waals surface area (Å²) in [5.74, 6) is 10.0. The van der Waals surface area contributed by atoms with Crippen molar-refractivity contribution >= 4 is 37.9 Å². The van der Waals surface area contributed by atoms with Gasteiger partial charge >= 0.3 is 6.18 Å². The first-order valence-corrected chi connectivity index (χ1v) is 17.6. The highest BCUT2D eigenvalue weighted by atomic mass is 32.2. The predicted octanol–water partition coefficient (Wildman–Crippen LogP) is 5.46. The van der Waals surface area contributed by atoms with Crippen LogP contribution in [0.2, 0.25) is 0 Å². The molecule has 0 radical (unpaired) electrons. The highest BCUT2D eigenvalue weighted by molar-refractivity contribution is 7.98. The molecule has 1 aliphatic carbocycles. The summed E-state index contributed by atoms with van der Waals surface area (Å²) >= 11 is 0. The first kappa shape index (κ1) is 34.0. The molecular weight excluding hydrogens is 615 g/mol. The zero-order chi connectivity index (χ0) is 32.7. The van der Waals surface area contributed by atoms with E-state index in [2.05, 4.69) is 38.0 Å². The van der Waals surface area contributed by atoms with E-state index in [4.69, 9.17) is 9.84 Å². The molecule has 1 atom stereocenters. The van der Waals surface area contributed by atoms with Gasteiger partial charge in [-0.2, -0.15) is 13.2 Å². The largest absolute Gasteiger partial charge is 0.495 e. The maximum atomic E-state index is 13.7. The van der Waals surface area contributed by atoms with Crippen molar-refractivity contribution in [3.05, 3.63) is 48.2 Å². The normalized spacial score (nSPS) is 18.1. The summed E-state index contributed by atoms with van der Waals surface area (Å²) < 4.78 is 63.4. The van der Waals surface area contributed by atoms with Gasteiger partial charge in [0.2, 0.25) is 0 Å². The van der Waals surface area contributed by atoms with Gasteiger partial charge in [0, 0.05) is 47.7 Å². The number of hydrogen-bond donors (Lipinski definition) is 4. The molecule has 2 fully saturated rings. The van der Waals surface area contributed by atoms with Gasteiger partial charge in [0.15, 0.2) is 0 Å². The average molecular weight is 660 g/mol. The van der Waals surface area contributed by atoms with E-state index in [-0.39, 0.29) is 31.4 Å². The Kier molecular flexibility index (Phi) is 11.1. The number of aliphatic hydroxyl groups is 1. The molecule has 8 nitrogen and oxygen atoms in total. The smallest absolute Gasteiger partial charge is 0.406 e. The van der Waals surface area contributed by atoms with Crippen LogP contribution in [0.15, 0.2) is 47.4 Å². The van der Waals surface area contributed by atoms with E-state index in [0.29, 0.717) is 27.9 Å². The summed E-state index contributed by atoms with van der Waals surface area (Å²) in [4.78, 5) is 3.03. The fourth-order valence-corrected chi connectivity index (χ4v) is 7.70. The molecule has 0 bridgehead atoms. The number of hydrogen-bond acceptors (Lipinski definition) is 6. The Bertz CT molecular complexity index is 1650. The van der Waals surface area contributed by atoms with Crippen molar-refractivity contribution in [2.45, 2.75) is 74.6 Å². The minimum Gasteiger partial charge on any atom is -0.495 e.